The first-order chi connectivity index (χ1) is 12.7. The van der Waals surface area contributed by atoms with Gasteiger partial charge in [0.1, 0.15) is 12.4 Å². The number of hydrogen-bond acceptors (Lipinski definition) is 3. The Balaban J connectivity index is 1.71. The van der Waals surface area contributed by atoms with Gasteiger partial charge >= 0.3 is 5.97 Å². The van der Waals surface area contributed by atoms with Gasteiger partial charge in [0, 0.05) is 6.08 Å². The predicted molar refractivity (Wildman–Crippen MR) is 108 cm³/mol. The van der Waals surface area contributed by atoms with E-state index < -0.39 is 0 Å². The Bertz CT molecular complexity index is 942. The lowest BCUT2D eigenvalue weighted by atomic mass is 10.1. The van der Waals surface area contributed by atoms with Gasteiger partial charge < -0.3 is 9.47 Å². The highest BCUT2D eigenvalue weighted by Crippen LogP contribution is 2.28. The first kappa shape index (κ1) is 18.2. The fourth-order valence-electron chi connectivity index (χ4n) is 2.67. The standard InChI is InChI=1S/C22H19BrO3/c1-2-25-22(24)13-11-16-10-12-21(20(23)14-16)26-15-18-8-5-7-17-6-3-4-9-19(17)18/h3-14H,2,15H2,1H3/b13-11+. The van der Waals surface area contributed by atoms with Crippen LogP contribution in [0.25, 0.3) is 16.8 Å². The van der Waals surface area contributed by atoms with Crippen LogP contribution < -0.4 is 4.74 Å². The minimum absolute atomic E-state index is 0.347. The lowest BCUT2D eigenvalue weighted by molar-refractivity contribution is -0.137. The lowest BCUT2D eigenvalue weighted by Crippen LogP contribution is -1.99. The average molecular weight is 411 g/mol. The van der Waals surface area contributed by atoms with Crippen molar-refractivity contribution in [1.29, 1.82) is 0 Å². The van der Waals surface area contributed by atoms with Gasteiger partial charge in [0.2, 0.25) is 0 Å². The number of halogens is 1. The summed E-state index contributed by atoms with van der Waals surface area (Å²) in [6.45, 7) is 2.64. The molecule has 0 aliphatic heterocycles. The highest BCUT2D eigenvalue weighted by molar-refractivity contribution is 9.10. The molecule has 3 aromatic carbocycles. The minimum Gasteiger partial charge on any atom is -0.488 e. The molecule has 0 spiro atoms. The monoisotopic (exact) mass is 410 g/mol. The Morgan fingerprint density at radius 2 is 1.88 bits per heavy atom. The van der Waals surface area contributed by atoms with E-state index >= 15 is 0 Å². The van der Waals surface area contributed by atoms with Gasteiger partial charge in [0.15, 0.2) is 0 Å². The van der Waals surface area contributed by atoms with Crippen molar-refractivity contribution in [2.24, 2.45) is 0 Å². The maximum Gasteiger partial charge on any atom is 0.330 e. The van der Waals surface area contributed by atoms with Crippen LogP contribution in [0.2, 0.25) is 0 Å². The molecule has 3 nitrogen and oxygen atoms in total. The summed E-state index contributed by atoms with van der Waals surface area (Å²) in [5, 5.41) is 2.40. The molecule has 0 bridgehead atoms. The van der Waals surface area contributed by atoms with Crippen molar-refractivity contribution in [3.05, 3.63) is 82.3 Å². The molecular weight excluding hydrogens is 392 g/mol. The Kier molecular flexibility index (Phi) is 6.08. The summed E-state index contributed by atoms with van der Waals surface area (Å²) >= 11 is 3.53. The quantitative estimate of drug-likeness (QED) is 0.382. The second-order valence-corrected chi connectivity index (χ2v) is 6.56. The van der Waals surface area contributed by atoms with Crippen LogP contribution >= 0.6 is 15.9 Å². The van der Waals surface area contributed by atoms with E-state index in [0.717, 1.165) is 21.3 Å². The Labute approximate surface area is 161 Å². The molecule has 0 amide bonds. The number of carbonyl (C=O) groups excluding carboxylic acids is 1. The zero-order chi connectivity index (χ0) is 18.4. The van der Waals surface area contributed by atoms with Crippen molar-refractivity contribution in [3.63, 3.8) is 0 Å². The molecule has 0 saturated heterocycles. The summed E-state index contributed by atoms with van der Waals surface area (Å²) in [6.07, 6.45) is 3.14. The Morgan fingerprint density at radius 3 is 2.69 bits per heavy atom. The van der Waals surface area contributed by atoms with Crippen LogP contribution in [0, 0.1) is 0 Å². The van der Waals surface area contributed by atoms with E-state index in [2.05, 4.69) is 40.2 Å². The number of hydrogen-bond donors (Lipinski definition) is 0. The molecular formula is C22H19BrO3. The molecule has 3 rings (SSSR count). The van der Waals surface area contributed by atoms with Crippen molar-refractivity contribution < 1.29 is 14.3 Å². The normalized spacial score (nSPS) is 11.0. The van der Waals surface area contributed by atoms with Gasteiger partial charge in [-0.15, -0.1) is 0 Å². The van der Waals surface area contributed by atoms with E-state index in [1.807, 2.05) is 36.4 Å². The maximum atomic E-state index is 11.4. The van der Waals surface area contributed by atoms with Crippen molar-refractivity contribution in [2.75, 3.05) is 6.61 Å². The molecule has 0 radical (unpaired) electrons. The molecule has 0 aromatic heterocycles. The molecule has 3 aromatic rings. The van der Waals surface area contributed by atoms with Crippen LogP contribution in [0.4, 0.5) is 0 Å². The van der Waals surface area contributed by atoms with Gasteiger partial charge in [0.25, 0.3) is 0 Å². The van der Waals surface area contributed by atoms with E-state index in [1.54, 1.807) is 13.0 Å². The zero-order valence-corrected chi connectivity index (χ0v) is 16.0. The molecule has 26 heavy (non-hydrogen) atoms. The molecule has 4 heteroatoms. The summed E-state index contributed by atoms with van der Waals surface area (Å²) in [5.74, 6) is 0.408. The van der Waals surface area contributed by atoms with Crippen molar-refractivity contribution in [1.82, 2.24) is 0 Å². The first-order valence-electron chi connectivity index (χ1n) is 8.41. The van der Waals surface area contributed by atoms with E-state index in [9.17, 15) is 4.79 Å². The zero-order valence-electron chi connectivity index (χ0n) is 14.4. The van der Waals surface area contributed by atoms with Crippen LogP contribution in [0.1, 0.15) is 18.1 Å². The molecule has 132 valence electrons. The van der Waals surface area contributed by atoms with Crippen LogP contribution in [0.3, 0.4) is 0 Å². The number of carbonyl (C=O) groups is 1. The summed E-state index contributed by atoms with van der Waals surface area (Å²) in [5.41, 5.74) is 2.03. The number of benzene rings is 3. The van der Waals surface area contributed by atoms with Crippen molar-refractivity contribution in [2.45, 2.75) is 13.5 Å². The Hall–Kier alpha value is -2.59. The summed E-state index contributed by atoms with van der Waals surface area (Å²) in [6, 6.07) is 20.2. The first-order valence-corrected chi connectivity index (χ1v) is 9.20. The SMILES string of the molecule is CCOC(=O)/C=C/c1ccc(OCc2cccc3ccccc23)c(Br)c1. The van der Waals surface area contributed by atoms with Gasteiger partial charge in [-0.2, -0.15) is 0 Å². The maximum absolute atomic E-state index is 11.4. The van der Waals surface area contributed by atoms with Gasteiger partial charge in [-0.1, -0.05) is 48.5 Å². The highest BCUT2D eigenvalue weighted by Gasteiger charge is 2.05. The van der Waals surface area contributed by atoms with Gasteiger partial charge in [-0.05, 0) is 63.0 Å². The molecule has 0 unspecified atom stereocenters. The number of ether oxygens (including phenoxy) is 2. The number of fused-ring (bicyclic) bond motifs is 1. The van der Waals surface area contributed by atoms with Gasteiger partial charge in [-0.25, -0.2) is 4.79 Å². The molecule has 0 aliphatic carbocycles. The topological polar surface area (TPSA) is 35.5 Å². The van der Waals surface area contributed by atoms with E-state index in [0.29, 0.717) is 13.2 Å². The highest BCUT2D eigenvalue weighted by atomic mass is 79.9. The molecule has 0 heterocycles. The van der Waals surface area contributed by atoms with E-state index in [-0.39, 0.29) is 5.97 Å². The third-order valence-corrected chi connectivity index (χ3v) is 4.54. The Morgan fingerprint density at radius 1 is 1.08 bits per heavy atom. The third-order valence-electron chi connectivity index (χ3n) is 3.92. The minimum atomic E-state index is -0.347. The van der Waals surface area contributed by atoms with Crippen molar-refractivity contribution in [3.8, 4) is 5.75 Å². The van der Waals surface area contributed by atoms with E-state index in [1.165, 1.54) is 16.8 Å². The van der Waals surface area contributed by atoms with E-state index in [4.69, 9.17) is 9.47 Å². The van der Waals surface area contributed by atoms with Crippen molar-refractivity contribution >= 4 is 38.7 Å². The summed E-state index contributed by atoms with van der Waals surface area (Å²) in [4.78, 5) is 11.4. The van der Waals surface area contributed by atoms with Gasteiger partial charge in [-0.3, -0.25) is 0 Å². The second-order valence-electron chi connectivity index (χ2n) is 5.70. The molecule has 0 aliphatic rings. The summed E-state index contributed by atoms with van der Waals surface area (Å²) in [7, 11) is 0. The van der Waals surface area contributed by atoms with Gasteiger partial charge in [0.05, 0.1) is 11.1 Å². The molecule has 0 atom stereocenters. The molecule has 0 N–H and O–H groups in total. The molecule has 0 saturated carbocycles. The average Bonchev–Trinajstić information content (AvgIpc) is 2.66. The fourth-order valence-corrected chi connectivity index (χ4v) is 3.18. The predicted octanol–water partition coefficient (Wildman–Crippen LogP) is 5.76. The summed E-state index contributed by atoms with van der Waals surface area (Å²) < 4.78 is 11.7. The fraction of sp³-hybridized carbons (Fsp3) is 0.136. The van der Waals surface area contributed by atoms with Crippen LogP contribution in [0.15, 0.2) is 71.2 Å². The smallest absolute Gasteiger partial charge is 0.330 e. The molecule has 0 fully saturated rings. The largest absolute Gasteiger partial charge is 0.488 e. The van der Waals surface area contributed by atoms with Crippen LogP contribution in [-0.2, 0) is 16.1 Å². The lowest BCUT2D eigenvalue weighted by Gasteiger charge is -2.11. The third kappa shape index (κ3) is 4.52. The second kappa shape index (κ2) is 8.68. The van der Waals surface area contributed by atoms with Crippen LogP contribution in [0.5, 0.6) is 5.75 Å². The van der Waals surface area contributed by atoms with Crippen LogP contribution in [-0.4, -0.2) is 12.6 Å². The number of rotatable bonds is 6. The number of esters is 1.